The predicted octanol–water partition coefficient (Wildman–Crippen LogP) is 2.76. The summed E-state index contributed by atoms with van der Waals surface area (Å²) < 4.78 is 12.6. The molecule has 5 nitrogen and oxygen atoms in total. The highest BCUT2D eigenvalue weighted by Gasteiger charge is 2.14. The van der Waals surface area contributed by atoms with Crippen molar-refractivity contribution in [3.8, 4) is 17.4 Å². The molecule has 0 amide bonds. The van der Waals surface area contributed by atoms with Gasteiger partial charge >= 0.3 is 0 Å². The Labute approximate surface area is 112 Å². The molecule has 102 valence electrons. The van der Waals surface area contributed by atoms with Crippen LogP contribution in [0.4, 0.5) is 5.69 Å². The number of hydrogen-bond donors (Lipinski definition) is 1. The van der Waals surface area contributed by atoms with Gasteiger partial charge < -0.3 is 15.2 Å². The summed E-state index contributed by atoms with van der Waals surface area (Å²) in [4.78, 5) is 0. The van der Waals surface area contributed by atoms with Crippen LogP contribution in [0.3, 0.4) is 0 Å². The van der Waals surface area contributed by atoms with E-state index < -0.39 is 0 Å². The van der Waals surface area contributed by atoms with Crippen LogP contribution in [-0.4, -0.2) is 16.9 Å². The molecule has 0 spiro atoms. The van der Waals surface area contributed by atoms with Gasteiger partial charge in [-0.15, -0.1) is 0 Å². The minimum Gasteiger partial charge on any atom is -0.497 e. The van der Waals surface area contributed by atoms with Crippen LogP contribution in [0.25, 0.3) is 0 Å². The molecule has 19 heavy (non-hydrogen) atoms. The third kappa shape index (κ3) is 2.81. The number of aromatic nitrogens is 2. The largest absolute Gasteiger partial charge is 0.497 e. The SMILES string of the molecule is CCCc1nn(C)c(Oc2ccc(OC)cc2)c1N. The standard InChI is InChI=1S/C14H19N3O2/c1-4-5-12-13(15)14(17(2)16-12)19-11-8-6-10(18-3)7-9-11/h6-9H,4-5,15H2,1-3H3. The Kier molecular flexibility index (Phi) is 3.94. The number of hydrogen-bond acceptors (Lipinski definition) is 4. The third-order valence-electron chi connectivity index (χ3n) is 2.87. The molecule has 1 heterocycles. The van der Waals surface area contributed by atoms with Crippen molar-refractivity contribution in [1.29, 1.82) is 0 Å². The van der Waals surface area contributed by atoms with Gasteiger partial charge in [0.05, 0.1) is 12.8 Å². The van der Waals surface area contributed by atoms with E-state index in [4.69, 9.17) is 15.2 Å². The molecule has 0 atom stereocenters. The van der Waals surface area contributed by atoms with Crippen molar-refractivity contribution in [2.24, 2.45) is 7.05 Å². The zero-order valence-electron chi connectivity index (χ0n) is 11.5. The Morgan fingerprint density at radius 3 is 2.42 bits per heavy atom. The second-order valence-corrected chi connectivity index (χ2v) is 4.32. The second-order valence-electron chi connectivity index (χ2n) is 4.32. The van der Waals surface area contributed by atoms with Crippen LogP contribution in [0, 0.1) is 0 Å². The molecule has 0 bridgehead atoms. The number of aryl methyl sites for hydroxylation is 2. The maximum absolute atomic E-state index is 6.06. The van der Waals surface area contributed by atoms with Crippen LogP contribution in [0.5, 0.6) is 17.4 Å². The van der Waals surface area contributed by atoms with E-state index in [2.05, 4.69) is 12.0 Å². The molecule has 0 fully saturated rings. The molecular formula is C14H19N3O2. The van der Waals surface area contributed by atoms with Gasteiger partial charge in [-0.1, -0.05) is 13.3 Å². The Morgan fingerprint density at radius 2 is 1.84 bits per heavy atom. The molecule has 0 aliphatic carbocycles. The number of anilines is 1. The summed E-state index contributed by atoms with van der Waals surface area (Å²) in [5.74, 6) is 2.07. The summed E-state index contributed by atoms with van der Waals surface area (Å²) in [5.41, 5.74) is 7.56. The van der Waals surface area contributed by atoms with Crippen LogP contribution in [0.1, 0.15) is 19.0 Å². The monoisotopic (exact) mass is 261 g/mol. The van der Waals surface area contributed by atoms with Gasteiger partial charge in [0.25, 0.3) is 0 Å². The average molecular weight is 261 g/mol. The molecule has 0 radical (unpaired) electrons. The van der Waals surface area contributed by atoms with Crippen molar-refractivity contribution in [2.75, 3.05) is 12.8 Å². The molecule has 0 saturated heterocycles. The molecule has 0 unspecified atom stereocenters. The Bertz CT molecular complexity index is 547. The minimum atomic E-state index is 0.577. The van der Waals surface area contributed by atoms with Gasteiger partial charge in [-0.25, -0.2) is 4.68 Å². The third-order valence-corrected chi connectivity index (χ3v) is 2.87. The lowest BCUT2D eigenvalue weighted by Crippen LogP contribution is -1.97. The lowest BCUT2D eigenvalue weighted by molar-refractivity contribution is 0.409. The van der Waals surface area contributed by atoms with Crippen LogP contribution >= 0.6 is 0 Å². The van der Waals surface area contributed by atoms with Crippen LogP contribution in [0.15, 0.2) is 24.3 Å². The van der Waals surface area contributed by atoms with E-state index in [1.54, 1.807) is 11.8 Å². The Balaban J connectivity index is 2.22. The average Bonchev–Trinajstić information content (AvgIpc) is 2.68. The first kappa shape index (κ1) is 13.3. The predicted molar refractivity (Wildman–Crippen MR) is 74.7 cm³/mol. The number of methoxy groups -OCH3 is 1. The Morgan fingerprint density at radius 1 is 1.21 bits per heavy atom. The van der Waals surface area contributed by atoms with E-state index in [9.17, 15) is 0 Å². The molecule has 2 aromatic rings. The molecule has 5 heteroatoms. The summed E-state index contributed by atoms with van der Waals surface area (Å²) in [6.07, 6.45) is 1.86. The molecular weight excluding hydrogens is 242 g/mol. The number of rotatable bonds is 5. The molecule has 1 aromatic carbocycles. The molecule has 0 aliphatic heterocycles. The van der Waals surface area contributed by atoms with Gasteiger partial charge in [0.15, 0.2) is 0 Å². The van der Waals surface area contributed by atoms with Gasteiger partial charge in [0.1, 0.15) is 17.2 Å². The summed E-state index contributed by atoms with van der Waals surface area (Å²) in [7, 11) is 3.46. The smallest absolute Gasteiger partial charge is 0.241 e. The van der Waals surface area contributed by atoms with Crippen molar-refractivity contribution >= 4 is 5.69 Å². The number of ether oxygens (including phenoxy) is 2. The first-order valence-corrected chi connectivity index (χ1v) is 6.29. The second kappa shape index (κ2) is 5.65. The van der Waals surface area contributed by atoms with E-state index in [-0.39, 0.29) is 0 Å². The quantitative estimate of drug-likeness (QED) is 0.899. The van der Waals surface area contributed by atoms with Gasteiger partial charge in [-0.3, -0.25) is 0 Å². The van der Waals surface area contributed by atoms with Gasteiger partial charge in [-0.05, 0) is 30.7 Å². The molecule has 0 saturated carbocycles. The Hall–Kier alpha value is -2.17. The maximum atomic E-state index is 6.06. The fourth-order valence-electron chi connectivity index (χ4n) is 1.88. The van der Waals surface area contributed by atoms with Crippen molar-refractivity contribution in [3.63, 3.8) is 0 Å². The number of nitrogens with zero attached hydrogens (tertiary/aromatic N) is 2. The number of benzene rings is 1. The molecule has 2 N–H and O–H groups in total. The first-order chi connectivity index (χ1) is 9.15. The van der Waals surface area contributed by atoms with E-state index in [0.717, 1.165) is 24.3 Å². The molecule has 0 aliphatic rings. The van der Waals surface area contributed by atoms with Crippen molar-refractivity contribution in [2.45, 2.75) is 19.8 Å². The van der Waals surface area contributed by atoms with Gasteiger partial charge in [0, 0.05) is 7.05 Å². The fraction of sp³-hybridized carbons (Fsp3) is 0.357. The van der Waals surface area contributed by atoms with Gasteiger partial charge in [-0.2, -0.15) is 5.10 Å². The van der Waals surface area contributed by atoms with Gasteiger partial charge in [0.2, 0.25) is 5.88 Å². The van der Waals surface area contributed by atoms with Crippen molar-refractivity contribution in [3.05, 3.63) is 30.0 Å². The summed E-state index contributed by atoms with van der Waals surface area (Å²) in [6.45, 7) is 2.10. The lowest BCUT2D eigenvalue weighted by Gasteiger charge is -2.07. The van der Waals surface area contributed by atoms with E-state index >= 15 is 0 Å². The highest BCUT2D eigenvalue weighted by atomic mass is 16.5. The number of nitrogen functional groups attached to an aromatic ring is 1. The van der Waals surface area contributed by atoms with Crippen LogP contribution in [0.2, 0.25) is 0 Å². The zero-order valence-corrected chi connectivity index (χ0v) is 11.5. The van der Waals surface area contributed by atoms with E-state index in [1.165, 1.54) is 0 Å². The van der Waals surface area contributed by atoms with Crippen molar-refractivity contribution in [1.82, 2.24) is 9.78 Å². The number of nitrogens with two attached hydrogens (primary N) is 1. The normalized spacial score (nSPS) is 10.5. The summed E-state index contributed by atoms with van der Waals surface area (Å²) >= 11 is 0. The fourth-order valence-corrected chi connectivity index (χ4v) is 1.88. The zero-order chi connectivity index (χ0) is 13.8. The van der Waals surface area contributed by atoms with E-state index in [1.807, 2.05) is 31.3 Å². The van der Waals surface area contributed by atoms with Crippen LogP contribution < -0.4 is 15.2 Å². The van der Waals surface area contributed by atoms with E-state index in [0.29, 0.717) is 17.3 Å². The summed E-state index contributed by atoms with van der Waals surface area (Å²) in [6, 6.07) is 7.36. The lowest BCUT2D eigenvalue weighted by atomic mass is 10.2. The topological polar surface area (TPSA) is 62.3 Å². The highest BCUT2D eigenvalue weighted by Crippen LogP contribution is 2.30. The van der Waals surface area contributed by atoms with Crippen molar-refractivity contribution < 1.29 is 9.47 Å². The molecule has 1 aromatic heterocycles. The molecule has 2 rings (SSSR count). The summed E-state index contributed by atoms with van der Waals surface area (Å²) in [5, 5.41) is 4.37. The minimum absolute atomic E-state index is 0.577. The highest BCUT2D eigenvalue weighted by molar-refractivity contribution is 5.54. The first-order valence-electron chi connectivity index (χ1n) is 6.29. The maximum Gasteiger partial charge on any atom is 0.241 e. The van der Waals surface area contributed by atoms with Crippen LogP contribution in [-0.2, 0) is 13.5 Å².